The summed E-state index contributed by atoms with van der Waals surface area (Å²) in [5, 5.41) is 4.08. The molecular formula is C14H20N6O. The molecule has 0 spiro atoms. The van der Waals surface area contributed by atoms with Crippen LogP contribution in [0.4, 0.5) is 5.95 Å². The van der Waals surface area contributed by atoms with E-state index in [9.17, 15) is 0 Å². The number of nitrogens with zero attached hydrogens (tertiary/aromatic N) is 6. The number of aromatic nitrogens is 5. The molecule has 0 bridgehead atoms. The van der Waals surface area contributed by atoms with Gasteiger partial charge in [-0.25, -0.2) is 15.0 Å². The van der Waals surface area contributed by atoms with Gasteiger partial charge in [-0.15, -0.1) is 0 Å². The average Bonchev–Trinajstić information content (AvgIpc) is 2.96. The fourth-order valence-electron chi connectivity index (χ4n) is 2.64. The lowest BCUT2D eigenvalue weighted by molar-refractivity contribution is 0.329. The summed E-state index contributed by atoms with van der Waals surface area (Å²) < 4.78 is 5.45. The second kappa shape index (κ2) is 6.15. The summed E-state index contributed by atoms with van der Waals surface area (Å²) in [7, 11) is 0. The van der Waals surface area contributed by atoms with Crippen molar-refractivity contribution in [2.24, 2.45) is 5.92 Å². The van der Waals surface area contributed by atoms with Crippen LogP contribution in [-0.2, 0) is 6.42 Å². The quantitative estimate of drug-likeness (QED) is 0.849. The third-order valence-electron chi connectivity index (χ3n) is 3.61. The largest absolute Gasteiger partial charge is 0.340 e. The van der Waals surface area contributed by atoms with Crippen LogP contribution in [0.3, 0.4) is 0 Å². The summed E-state index contributed by atoms with van der Waals surface area (Å²) in [6.07, 6.45) is 6.04. The maximum Gasteiger partial charge on any atom is 0.231 e. The predicted octanol–water partition coefficient (Wildman–Crippen LogP) is 1.84. The van der Waals surface area contributed by atoms with E-state index in [1.807, 2.05) is 0 Å². The molecule has 0 aliphatic carbocycles. The SMILES string of the molecule is CC(C)Cc1noc([C@H]2CCCN(c3ncncn3)C2)n1. The Balaban J connectivity index is 1.70. The van der Waals surface area contributed by atoms with E-state index in [4.69, 9.17) is 4.52 Å². The first-order valence-corrected chi connectivity index (χ1v) is 7.42. The van der Waals surface area contributed by atoms with Crippen LogP contribution in [0.1, 0.15) is 44.3 Å². The number of rotatable bonds is 4. The van der Waals surface area contributed by atoms with E-state index in [1.165, 1.54) is 12.7 Å². The summed E-state index contributed by atoms with van der Waals surface area (Å²) in [4.78, 5) is 19.0. The molecule has 7 heteroatoms. The molecule has 0 aromatic carbocycles. The van der Waals surface area contributed by atoms with Crippen molar-refractivity contribution in [3.63, 3.8) is 0 Å². The van der Waals surface area contributed by atoms with Crippen molar-refractivity contribution in [2.45, 2.75) is 39.0 Å². The molecule has 2 aromatic rings. The molecule has 1 atom stereocenters. The van der Waals surface area contributed by atoms with E-state index in [0.29, 0.717) is 5.92 Å². The van der Waals surface area contributed by atoms with E-state index in [1.54, 1.807) is 0 Å². The highest BCUT2D eigenvalue weighted by atomic mass is 16.5. The molecule has 0 unspecified atom stereocenters. The van der Waals surface area contributed by atoms with Crippen LogP contribution in [-0.4, -0.2) is 38.2 Å². The molecule has 3 heterocycles. The highest BCUT2D eigenvalue weighted by Crippen LogP contribution is 2.27. The van der Waals surface area contributed by atoms with Crippen LogP contribution in [0, 0.1) is 5.92 Å². The van der Waals surface area contributed by atoms with Crippen LogP contribution in [0.5, 0.6) is 0 Å². The second-order valence-electron chi connectivity index (χ2n) is 5.87. The molecule has 2 aromatic heterocycles. The molecule has 112 valence electrons. The van der Waals surface area contributed by atoms with Gasteiger partial charge in [0.1, 0.15) is 12.7 Å². The number of piperidine rings is 1. The topological polar surface area (TPSA) is 80.8 Å². The molecule has 1 aliphatic heterocycles. The van der Waals surface area contributed by atoms with Gasteiger partial charge < -0.3 is 9.42 Å². The highest BCUT2D eigenvalue weighted by molar-refractivity contribution is 5.29. The normalized spacial score (nSPS) is 19.2. The second-order valence-corrected chi connectivity index (χ2v) is 5.87. The van der Waals surface area contributed by atoms with E-state index in [-0.39, 0.29) is 5.92 Å². The molecule has 1 fully saturated rings. The zero-order valence-electron chi connectivity index (χ0n) is 12.4. The average molecular weight is 288 g/mol. The molecule has 3 rings (SSSR count). The number of hydrogen-bond acceptors (Lipinski definition) is 7. The van der Waals surface area contributed by atoms with Crippen molar-refractivity contribution >= 4 is 5.95 Å². The molecule has 0 saturated carbocycles. The van der Waals surface area contributed by atoms with Crippen LogP contribution in [0.15, 0.2) is 17.2 Å². The molecule has 1 aliphatic rings. The van der Waals surface area contributed by atoms with Crippen LogP contribution < -0.4 is 4.90 Å². The lowest BCUT2D eigenvalue weighted by Gasteiger charge is -2.30. The Kier molecular flexibility index (Phi) is 4.08. The van der Waals surface area contributed by atoms with Crippen LogP contribution in [0.2, 0.25) is 0 Å². The first-order valence-electron chi connectivity index (χ1n) is 7.42. The molecule has 0 N–H and O–H groups in total. The molecule has 0 amide bonds. The third-order valence-corrected chi connectivity index (χ3v) is 3.61. The molecular weight excluding hydrogens is 268 g/mol. The summed E-state index contributed by atoms with van der Waals surface area (Å²) in [5.41, 5.74) is 0. The molecule has 21 heavy (non-hydrogen) atoms. The van der Waals surface area contributed by atoms with Gasteiger partial charge in [0, 0.05) is 19.5 Å². The third kappa shape index (κ3) is 3.34. The fraction of sp³-hybridized carbons (Fsp3) is 0.643. The summed E-state index contributed by atoms with van der Waals surface area (Å²) in [6.45, 7) is 6.07. The van der Waals surface area contributed by atoms with Gasteiger partial charge in [0.05, 0.1) is 5.92 Å². The first kappa shape index (κ1) is 13.9. The van der Waals surface area contributed by atoms with E-state index < -0.39 is 0 Å². The van der Waals surface area contributed by atoms with Crippen molar-refractivity contribution in [3.8, 4) is 0 Å². The Hall–Kier alpha value is -2.05. The standard InChI is InChI=1S/C14H20N6O/c1-10(2)6-12-18-13(21-19-12)11-4-3-5-20(7-11)14-16-8-15-9-17-14/h8-11H,3-7H2,1-2H3/t11-/m0/s1. The summed E-state index contributed by atoms with van der Waals surface area (Å²) in [6, 6.07) is 0. The minimum Gasteiger partial charge on any atom is -0.340 e. The van der Waals surface area contributed by atoms with E-state index in [2.05, 4.69) is 43.8 Å². The van der Waals surface area contributed by atoms with Gasteiger partial charge in [0.2, 0.25) is 11.8 Å². The van der Waals surface area contributed by atoms with Gasteiger partial charge in [0.25, 0.3) is 0 Å². The first-order chi connectivity index (χ1) is 10.2. The fourth-order valence-corrected chi connectivity index (χ4v) is 2.64. The summed E-state index contributed by atoms with van der Waals surface area (Å²) in [5.74, 6) is 3.05. The Morgan fingerprint density at radius 3 is 2.90 bits per heavy atom. The smallest absolute Gasteiger partial charge is 0.231 e. The highest BCUT2D eigenvalue weighted by Gasteiger charge is 2.27. The lowest BCUT2D eigenvalue weighted by atomic mass is 9.98. The Morgan fingerprint density at radius 2 is 2.14 bits per heavy atom. The van der Waals surface area contributed by atoms with Crippen LogP contribution >= 0.6 is 0 Å². The Labute approximate surface area is 123 Å². The van der Waals surface area contributed by atoms with Gasteiger partial charge in [-0.05, 0) is 18.8 Å². The summed E-state index contributed by atoms with van der Waals surface area (Å²) >= 11 is 0. The maximum absolute atomic E-state index is 5.45. The van der Waals surface area contributed by atoms with Crippen molar-refractivity contribution in [1.29, 1.82) is 0 Å². The minimum absolute atomic E-state index is 0.254. The van der Waals surface area contributed by atoms with Crippen LogP contribution in [0.25, 0.3) is 0 Å². The van der Waals surface area contributed by atoms with Crippen molar-refractivity contribution in [2.75, 3.05) is 18.0 Å². The zero-order chi connectivity index (χ0) is 14.7. The van der Waals surface area contributed by atoms with E-state index in [0.717, 1.165) is 50.0 Å². The van der Waals surface area contributed by atoms with Gasteiger partial charge in [0.15, 0.2) is 5.82 Å². The monoisotopic (exact) mass is 288 g/mol. The minimum atomic E-state index is 0.254. The molecule has 7 nitrogen and oxygen atoms in total. The van der Waals surface area contributed by atoms with E-state index >= 15 is 0 Å². The zero-order valence-corrected chi connectivity index (χ0v) is 12.4. The molecule has 1 saturated heterocycles. The maximum atomic E-state index is 5.45. The van der Waals surface area contributed by atoms with Gasteiger partial charge >= 0.3 is 0 Å². The predicted molar refractivity (Wildman–Crippen MR) is 76.9 cm³/mol. The van der Waals surface area contributed by atoms with Gasteiger partial charge in [-0.2, -0.15) is 4.98 Å². The number of anilines is 1. The van der Waals surface area contributed by atoms with Gasteiger partial charge in [-0.3, -0.25) is 0 Å². The lowest BCUT2D eigenvalue weighted by Crippen LogP contribution is -2.35. The van der Waals surface area contributed by atoms with Crippen molar-refractivity contribution in [3.05, 3.63) is 24.4 Å². The molecule has 0 radical (unpaired) electrons. The number of hydrogen-bond donors (Lipinski definition) is 0. The van der Waals surface area contributed by atoms with Gasteiger partial charge in [-0.1, -0.05) is 19.0 Å². The van der Waals surface area contributed by atoms with Crippen molar-refractivity contribution in [1.82, 2.24) is 25.1 Å². The Morgan fingerprint density at radius 1 is 1.33 bits per heavy atom. The van der Waals surface area contributed by atoms with Crippen molar-refractivity contribution < 1.29 is 4.52 Å². The Bertz CT molecular complexity index is 570.